The second kappa shape index (κ2) is 12.1. The number of allylic oxidation sites excluding steroid dienone is 2. The van der Waals surface area contributed by atoms with Crippen molar-refractivity contribution < 1.29 is 9.53 Å². The van der Waals surface area contributed by atoms with E-state index in [1.54, 1.807) is 18.5 Å². The van der Waals surface area contributed by atoms with Crippen LogP contribution >= 0.6 is 11.3 Å². The van der Waals surface area contributed by atoms with Crippen LogP contribution in [0.4, 0.5) is 9.93 Å². The van der Waals surface area contributed by atoms with Crippen LogP contribution in [-0.4, -0.2) is 37.0 Å². The quantitative estimate of drug-likeness (QED) is 0.290. The number of ether oxygens (including phenoxy) is 1. The highest BCUT2D eigenvalue weighted by Gasteiger charge is 2.10. The van der Waals surface area contributed by atoms with Gasteiger partial charge in [0.25, 0.3) is 0 Å². The van der Waals surface area contributed by atoms with E-state index >= 15 is 0 Å². The number of thiazole rings is 1. The number of carbonyl (C=O) groups is 1. The molecule has 0 saturated heterocycles. The standard InChI is InChI=1S/C21H30N4O2S/c1-7-22-12-10-16(2)8-9-18-17(3)24-20(28-18)25-19(26)23-13-15-27-14-11-21(4,5)6/h7,10,12H,2,11,13-15H2,1,3-6H3,(H2,23,24,25,26)/b12-10-,22-7?. The number of carbonyl (C=O) groups excluding carboxylic acids is 1. The molecule has 2 amide bonds. The Balaban J connectivity index is 2.42. The van der Waals surface area contributed by atoms with E-state index in [1.807, 2.05) is 13.8 Å². The van der Waals surface area contributed by atoms with E-state index in [1.165, 1.54) is 11.3 Å². The minimum absolute atomic E-state index is 0.250. The van der Waals surface area contributed by atoms with Gasteiger partial charge < -0.3 is 10.1 Å². The predicted octanol–water partition coefficient (Wildman–Crippen LogP) is 4.54. The largest absolute Gasteiger partial charge is 0.380 e. The Morgan fingerprint density at radius 2 is 2.14 bits per heavy atom. The molecule has 2 N–H and O–H groups in total. The number of hydrogen-bond donors (Lipinski definition) is 2. The van der Waals surface area contributed by atoms with Crippen molar-refractivity contribution in [1.82, 2.24) is 10.3 Å². The van der Waals surface area contributed by atoms with Crippen LogP contribution in [0, 0.1) is 24.2 Å². The van der Waals surface area contributed by atoms with Crippen molar-refractivity contribution in [2.45, 2.75) is 41.0 Å². The first-order valence-electron chi connectivity index (χ1n) is 9.16. The van der Waals surface area contributed by atoms with Crippen molar-refractivity contribution in [3.63, 3.8) is 0 Å². The van der Waals surface area contributed by atoms with Crippen LogP contribution < -0.4 is 10.6 Å². The third-order valence-electron chi connectivity index (χ3n) is 3.39. The summed E-state index contributed by atoms with van der Waals surface area (Å²) >= 11 is 1.33. The number of amides is 2. The summed E-state index contributed by atoms with van der Waals surface area (Å²) < 4.78 is 5.53. The number of anilines is 1. The predicted molar refractivity (Wildman–Crippen MR) is 118 cm³/mol. The first kappa shape index (κ1) is 23.6. The van der Waals surface area contributed by atoms with Crippen molar-refractivity contribution >= 4 is 28.7 Å². The minimum Gasteiger partial charge on any atom is -0.380 e. The summed E-state index contributed by atoms with van der Waals surface area (Å²) in [6.07, 6.45) is 6.04. The van der Waals surface area contributed by atoms with Gasteiger partial charge in [0.1, 0.15) is 4.88 Å². The van der Waals surface area contributed by atoms with Crippen molar-refractivity contribution in [2.24, 2.45) is 10.4 Å². The van der Waals surface area contributed by atoms with Crippen molar-refractivity contribution in [2.75, 3.05) is 25.1 Å². The summed E-state index contributed by atoms with van der Waals surface area (Å²) in [6.45, 7) is 15.7. The fraction of sp³-hybridized carbons (Fsp3) is 0.476. The Morgan fingerprint density at radius 3 is 2.82 bits per heavy atom. The summed E-state index contributed by atoms with van der Waals surface area (Å²) in [7, 11) is 0. The molecule has 28 heavy (non-hydrogen) atoms. The number of aryl methyl sites for hydroxylation is 1. The molecule has 0 unspecified atom stereocenters. The lowest BCUT2D eigenvalue weighted by molar-refractivity contribution is 0.111. The summed E-state index contributed by atoms with van der Waals surface area (Å²) in [5.41, 5.74) is 1.67. The number of urea groups is 1. The maximum absolute atomic E-state index is 12.0. The van der Waals surface area contributed by atoms with Gasteiger partial charge in [-0.3, -0.25) is 10.3 Å². The molecule has 0 aliphatic carbocycles. The van der Waals surface area contributed by atoms with Gasteiger partial charge in [0.15, 0.2) is 5.13 Å². The zero-order valence-corrected chi connectivity index (χ0v) is 18.2. The van der Waals surface area contributed by atoms with Gasteiger partial charge in [0.05, 0.1) is 12.3 Å². The molecule has 6 nitrogen and oxygen atoms in total. The molecular formula is C21H30N4O2S. The lowest BCUT2D eigenvalue weighted by atomic mass is 9.93. The topological polar surface area (TPSA) is 75.6 Å². The smallest absolute Gasteiger partial charge is 0.321 e. The van der Waals surface area contributed by atoms with Crippen molar-refractivity contribution in [3.8, 4) is 11.8 Å². The fourth-order valence-corrected chi connectivity index (χ4v) is 2.64. The number of rotatable bonds is 8. The molecule has 0 bridgehead atoms. The van der Waals surface area contributed by atoms with Gasteiger partial charge in [0, 0.05) is 31.1 Å². The first-order chi connectivity index (χ1) is 13.2. The molecule has 1 aromatic rings. The monoisotopic (exact) mass is 402 g/mol. The lowest BCUT2D eigenvalue weighted by Gasteiger charge is -2.17. The number of aliphatic imine (C=N–C) groups is 1. The number of hydrogen-bond acceptors (Lipinski definition) is 5. The Bertz CT molecular complexity index is 777. The minimum atomic E-state index is -0.308. The summed E-state index contributed by atoms with van der Waals surface area (Å²) in [5.74, 6) is 5.97. The van der Waals surface area contributed by atoms with Crippen LogP contribution in [0.1, 0.15) is 44.7 Å². The molecule has 0 radical (unpaired) electrons. The maximum atomic E-state index is 12.0. The highest BCUT2D eigenvalue weighted by molar-refractivity contribution is 7.16. The molecule has 1 rings (SSSR count). The first-order valence-corrected chi connectivity index (χ1v) is 9.98. The number of nitrogens with zero attached hydrogens (tertiary/aromatic N) is 2. The highest BCUT2D eigenvalue weighted by atomic mass is 32.1. The van der Waals surface area contributed by atoms with Gasteiger partial charge >= 0.3 is 6.03 Å². The van der Waals surface area contributed by atoms with Crippen molar-refractivity contribution in [3.05, 3.63) is 35.0 Å². The number of aromatic nitrogens is 1. The highest BCUT2D eigenvalue weighted by Crippen LogP contribution is 2.21. The van der Waals surface area contributed by atoms with Gasteiger partial charge in [-0.2, -0.15) is 0 Å². The molecule has 152 valence electrons. The Hall–Kier alpha value is -2.43. The molecule has 0 atom stereocenters. The van der Waals surface area contributed by atoms with Crippen LogP contribution in [0.15, 0.2) is 29.4 Å². The molecule has 1 heterocycles. The van der Waals surface area contributed by atoms with E-state index in [0.717, 1.165) is 17.0 Å². The third kappa shape index (κ3) is 10.7. The normalized spacial score (nSPS) is 11.5. The summed E-state index contributed by atoms with van der Waals surface area (Å²) in [5, 5.41) is 5.99. The summed E-state index contributed by atoms with van der Waals surface area (Å²) in [4.78, 5) is 21.0. The maximum Gasteiger partial charge on any atom is 0.321 e. The molecular weight excluding hydrogens is 372 g/mol. The Kier molecular flexibility index (Phi) is 10.2. The molecule has 1 aromatic heterocycles. The van der Waals surface area contributed by atoms with Crippen LogP contribution in [0.3, 0.4) is 0 Å². The van der Waals surface area contributed by atoms with Gasteiger partial charge in [-0.1, -0.05) is 44.6 Å². The van der Waals surface area contributed by atoms with Gasteiger partial charge in [-0.05, 0) is 37.7 Å². The lowest BCUT2D eigenvalue weighted by Crippen LogP contribution is -2.31. The SMILES string of the molecule is C=C(C#Cc1sc(NC(=O)NCCOCCC(C)(C)C)nc1C)/C=C\N=CC. The molecule has 0 spiro atoms. The summed E-state index contributed by atoms with van der Waals surface area (Å²) in [6, 6.07) is -0.308. The van der Waals surface area contributed by atoms with Crippen LogP contribution in [0.25, 0.3) is 0 Å². The second-order valence-electron chi connectivity index (χ2n) is 7.24. The molecule has 0 saturated carbocycles. The second-order valence-corrected chi connectivity index (χ2v) is 8.23. The number of nitrogens with one attached hydrogen (secondary N) is 2. The third-order valence-corrected chi connectivity index (χ3v) is 4.38. The van der Waals surface area contributed by atoms with Crippen LogP contribution in [0.5, 0.6) is 0 Å². The van der Waals surface area contributed by atoms with Crippen LogP contribution in [0.2, 0.25) is 0 Å². The van der Waals surface area contributed by atoms with E-state index in [-0.39, 0.29) is 11.4 Å². The van der Waals surface area contributed by atoms with E-state index in [2.05, 4.69) is 59.8 Å². The molecule has 0 aliphatic rings. The van der Waals surface area contributed by atoms with E-state index < -0.39 is 0 Å². The Morgan fingerprint density at radius 1 is 1.39 bits per heavy atom. The zero-order chi connectivity index (χ0) is 21.0. The average molecular weight is 403 g/mol. The van der Waals surface area contributed by atoms with E-state index in [9.17, 15) is 4.79 Å². The molecule has 0 aliphatic heterocycles. The zero-order valence-electron chi connectivity index (χ0n) is 17.4. The van der Waals surface area contributed by atoms with Gasteiger partial charge in [-0.15, -0.1) is 0 Å². The van der Waals surface area contributed by atoms with Crippen molar-refractivity contribution in [1.29, 1.82) is 0 Å². The van der Waals surface area contributed by atoms with Crippen LogP contribution in [-0.2, 0) is 4.74 Å². The van der Waals surface area contributed by atoms with E-state index in [4.69, 9.17) is 4.74 Å². The average Bonchev–Trinajstić information content (AvgIpc) is 2.94. The molecule has 7 heteroatoms. The fourth-order valence-electron chi connectivity index (χ4n) is 1.82. The van der Waals surface area contributed by atoms with Gasteiger partial charge in [0.2, 0.25) is 0 Å². The molecule has 0 fully saturated rings. The van der Waals surface area contributed by atoms with E-state index in [0.29, 0.717) is 30.5 Å². The Labute approximate surface area is 172 Å². The van der Waals surface area contributed by atoms with Gasteiger partial charge in [-0.25, -0.2) is 9.78 Å². The molecule has 0 aromatic carbocycles.